The van der Waals surface area contributed by atoms with Crippen LogP contribution in [-0.4, -0.2) is 29.7 Å². The Morgan fingerprint density at radius 2 is 1.57 bits per heavy atom. The molecule has 1 saturated carbocycles. The zero-order valence-electron chi connectivity index (χ0n) is 25.4. The molecular weight excluding hydrogens is 633 g/mol. The van der Waals surface area contributed by atoms with Gasteiger partial charge in [-0.2, -0.15) is 26.3 Å². The Bertz CT molecular complexity index is 1550. The Morgan fingerprint density at radius 1 is 0.957 bits per heavy atom. The predicted octanol–water partition coefficient (Wildman–Crippen LogP) is 8.08. The Balaban J connectivity index is 1.35. The Kier molecular flexibility index (Phi) is 9.59. The first-order valence-electron chi connectivity index (χ1n) is 15.0. The molecule has 0 bridgehead atoms. The lowest BCUT2D eigenvalue weighted by molar-refractivity contribution is -0.143. The van der Waals surface area contributed by atoms with Gasteiger partial charge < -0.3 is 20.1 Å². The highest BCUT2D eigenvalue weighted by atomic mass is 19.4. The van der Waals surface area contributed by atoms with Crippen LogP contribution in [0.3, 0.4) is 0 Å². The standard InChI is InChI=1S/C34H33F7N2O4/c1-19(22-14-23(33(36,37)38)16-24(15-22)34(39,40)41)47-28-13-12-26(29(28)21-8-10-25(35)11-9-21)27-17-32(2,30(44)42-27)43-31(45)46-18-20-6-4-3-5-7-20/h3-11,14-16,19,26-29H,12-13,17-18H2,1-2H3,(H,42,44)(H,43,45)/t19-,26+,27-,28+,29+,32-/m1/s1. The van der Waals surface area contributed by atoms with Gasteiger partial charge in [0.15, 0.2) is 0 Å². The van der Waals surface area contributed by atoms with Crippen LogP contribution in [0.4, 0.5) is 35.5 Å². The molecule has 1 aliphatic heterocycles. The normalized spacial score (nSPS) is 25.3. The number of benzene rings is 3. The molecule has 6 nitrogen and oxygen atoms in total. The zero-order chi connectivity index (χ0) is 34.1. The smallest absolute Gasteiger partial charge is 0.416 e. The van der Waals surface area contributed by atoms with Crippen molar-refractivity contribution in [3.8, 4) is 0 Å². The molecule has 3 aromatic carbocycles. The van der Waals surface area contributed by atoms with Crippen molar-refractivity contribution < 1.29 is 49.8 Å². The lowest BCUT2D eigenvalue weighted by Gasteiger charge is -2.31. The number of halogens is 7. The van der Waals surface area contributed by atoms with Crippen LogP contribution in [0.15, 0.2) is 72.8 Å². The highest BCUT2D eigenvalue weighted by molar-refractivity contribution is 5.91. The summed E-state index contributed by atoms with van der Waals surface area (Å²) in [7, 11) is 0. The van der Waals surface area contributed by atoms with Crippen LogP contribution < -0.4 is 10.6 Å². The van der Waals surface area contributed by atoms with Crippen LogP contribution in [0.5, 0.6) is 0 Å². The van der Waals surface area contributed by atoms with Crippen LogP contribution in [-0.2, 0) is 33.2 Å². The number of alkyl halides is 6. The minimum absolute atomic E-state index is 0.00336. The lowest BCUT2D eigenvalue weighted by atomic mass is 9.80. The number of carbonyl (C=O) groups is 2. The molecule has 1 heterocycles. The summed E-state index contributed by atoms with van der Waals surface area (Å²) in [5.41, 5.74) is -3.13. The van der Waals surface area contributed by atoms with Crippen molar-refractivity contribution in [1.29, 1.82) is 0 Å². The third-order valence-corrected chi connectivity index (χ3v) is 8.91. The Hall–Kier alpha value is -4.13. The molecule has 0 aromatic heterocycles. The highest BCUT2D eigenvalue weighted by Gasteiger charge is 2.51. The van der Waals surface area contributed by atoms with Gasteiger partial charge in [-0.1, -0.05) is 42.5 Å². The third kappa shape index (κ3) is 7.89. The maximum atomic E-state index is 13.9. The number of hydrogen-bond donors (Lipinski definition) is 2. The van der Waals surface area contributed by atoms with E-state index in [0.29, 0.717) is 30.5 Å². The molecule has 2 fully saturated rings. The van der Waals surface area contributed by atoms with Crippen molar-refractivity contribution in [3.05, 3.63) is 106 Å². The highest BCUT2D eigenvalue weighted by Crippen LogP contribution is 2.48. The maximum Gasteiger partial charge on any atom is 0.416 e. The SMILES string of the molecule is C[C@@H](O[C@H]1CC[C@@H]([C@H]2C[C@@](C)(NC(=O)OCc3ccccc3)C(=O)N2)[C@@H]1c1ccc(F)cc1)c1cc(C(F)(F)F)cc(C(F)(F)F)c1. The summed E-state index contributed by atoms with van der Waals surface area (Å²) >= 11 is 0. The molecule has 5 rings (SSSR count). The first kappa shape index (κ1) is 34.2. The number of ether oxygens (including phenoxy) is 2. The molecule has 0 radical (unpaired) electrons. The molecule has 252 valence electrons. The summed E-state index contributed by atoms with van der Waals surface area (Å²) < 4.78 is 107. The number of carbonyl (C=O) groups excluding carboxylic acids is 2. The molecule has 13 heteroatoms. The van der Waals surface area contributed by atoms with Gasteiger partial charge in [0.05, 0.1) is 23.3 Å². The lowest BCUT2D eigenvalue weighted by Crippen LogP contribution is -2.51. The minimum Gasteiger partial charge on any atom is -0.445 e. The number of amides is 2. The Labute approximate surface area is 266 Å². The zero-order valence-corrected chi connectivity index (χ0v) is 25.4. The van der Waals surface area contributed by atoms with Crippen molar-refractivity contribution in [3.63, 3.8) is 0 Å². The molecule has 2 amide bonds. The van der Waals surface area contributed by atoms with E-state index in [-0.39, 0.29) is 30.6 Å². The fourth-order valence-electron chi connectivity index (χ4n) is 6.56. The van der Waals surface area contributed by atoms with E-state index in [0.717, 1.165) is 5.56 Å². The number of nitrogens with one attached hydrogen (secondary N) is 2. The van der Waals surface area contributed by atoms with Crippen LogP contribution in [0.1, 0.15) is 72.9 Å². The van der Waals surface area contributed by atoms with E-state index in [9.17, 15) is 40.3 Å². The van der Waals surface area contributed by atoms with E-state index in [4.69, 9.17) is 9.47 Å². The number of hydrogen-bond acceptors (Lipinski definition) is 4. The van der Waals surface area contributed by atoms with Crippen molar-refractivity contribution in [1.82, 2.24) is 10.6 Å². The van der Waals surface area contributed by atoms with Gasteiger partial charge in [0, 0.05) is 12.0 Å². The molecule has 3 aromatic rings. The van der Waals surface area contributed by atoms with E-state index >= 15 is 0 Å². The van der Waals surface area contributed by atoms with E-state index in [2.05, 4.69) is 10.6 Å². The predicted molar refractivity (Wildman–Crippen MR) is 156 cm³/mol. The molecule has 0 spiro atoms. The van der Waals surface area contributed by atoms with Crippen molar-refractivity contribution >= 4 is 12.0 Å². The van der Waals surface area contributed by atoms with Gasteiger partial charge in [-0.25, -0.2) is 9.18 Å². The van der Waals surface area contributed by atoms with Gasteiger partial charge in [0.1, 0.15) is 18.0 Å². The van der Waals surface area contributed by atoms with Gasteiger partial charge >= 0.3 is 18.4 Å². The average Bonchev–Trinajstić information content (AvgIpc) is 3.55. The minimum atomic E-state index is -5.01. The van der Waals surface area contributed by atoms with Crippen LogP contribution in [0, 0.1) is 11.7 Å². The summed E-state index contributed by atoms with van der Waals surface area (Å²) in [5.74, 6) is -1.78. The van der Waals surface area contributed by atoms with Gasteiger partial charge in [0.25, 0.3) is 0 Å². The maximum absolute atomic E-state index is 13.9. The molecule has 1 aliphatic carbocycles. The van der Waals surface area contributed by atoms with Crippen molar-refractivity contribution in [2.75, 3.05) is 0 Å². The van der Waals surface area contributed by atoms with E-state index in [1.165, 1.54) is 19.1 Å². The Morgan fingerprint density at radius 3 is 2.17 bits per heavy atom. The summed E-state index contributed by atoms with van der Waals surface area (Å²) in [6.45, 7) is 2.94. The fraction of sp³-hybridized carbons (Fsp3) is 0.412. The van der Waals surface area contributed by atoms with Gasteiger partial charge in [-0.3, -0.25) is 4.79 Å². The van der Waals surface area contributed by atoms with Crippen LogP contribution >= 0.6 is 0 Å². The molecule has 2 aliphatic rings. The summed E-state index contributed by atoms with van der Waals surface area (Å²) in [6, 6.07) is 15.4. The largest absolute Gasteiger partial charge is 0.445 e. The van der Waals surface area contributed by atoms with Crippen LogP contribution in [0.25, 0.3) is 0 Å². The first-order valence-corrected chi connectivity index (χ1v) is 15.0. The summed E-state index contributed by atoms with van der Waals surface area (Å²) in [4.78, 5) is 25.8. The number of alkyl carbamates (subject to hydrolysis) is 1. The number of rotatable bonds is 8. The van der Waals surface area contributed by atoms with Gasteiger partial charge in [0.2, 0.25) is 5.91 Å². The van der Waals surface area contributed by atoms with Crippen LogP contribution in [0.2, 0.25) is 0 Å². The second-order valence-corrected chi connectivity index (χ2v) is 12.3. The molecular formula is C34H33F7N2O4. The topological polar surface area (TPSA) is 76.7 Å². The van der Waals surface area contributed by atoms with E-state index in [1.807, 2.05) is 6.07 Å². The molecule has 47 heavy (non-hydrogen) atoms. The third-order valence-electron chi connectivity index (χ3n) is 8.91. The molecule has 6 atom stereocenters. The molecule has 2 N–H and O–H groups in total. The van der Waals surface area contributed by atoms with Crippen molar-refractivity contribution in [2.24, 2.45) is 5.92 Å². The first-order chi connectivity index (χ1) is 22.0. The van der Waals surface area contributed by atoms with Gasteiger partial charge in [-0.15, -0.1) is 0 Å². The summed E-state index contributed by atoms with van der Waals surface area (Å²) in [6.07, 6.45) is -11.7. The monoisotopic (exact) mass is 666 g/mol. The van der Waals surface area contributed by atoms with Gasteiger partial charge in [-0.05, 0) is 86.1 Å². The second-order valence-electron chi connectivity index (χ2n) is 12.3. The second kappa shape index (κ2) is 13.2. The molecule has 0 unspecified atom stereocenters. The van der Waals surface area contributed by atoms with E-state index < -0.39 is 71.0 Å². The van der Waals surface area contributed by atoms with Crippen molar-refractivity contribution in [2.45, 2.75) is 81.8 Å². The van der Waals surface area contributed by atoms with E-state index in [1.54, 1.807) is 43.3 Å². The summed E-state index contributed by atoms with van der Waals surface area (Å²) in [5, 5.41) is 5.59. The quantitative estimate of drug-likeness (QED) is 0.239. The average molecular weight is 667 g/mol. The fourth-order valence-corrected chi connectivity index (χ4v) is 6.56. The molecule has 1 saturated heterocycles.